The van der Waals surface area contributed by atoms with E-state index in [1.54, 1.807) is 0 Å². The molecule has 28 heavy (non-hydrogen) atoms. The van der Waals surface area contributed by atoms with Crippen molar-refractivity contribution in [3.05, 3.63) is 28.8 Å². The molecule has 2 amide bonds. The van der Waals surface area contributed by atoms with E-state index in [0.717, 1.165) is 15.3 Å². The number of nitrogens with zero attached hydrogens (tertiary/aromatic N) is 2. The lowest BCUT2D eigenvalue weighted by molar-refractivity contribution is -0.142. The Morgan fingerprint density at radius 1 is 1.11 bits per heavy atom. The minimum Gasteiger partial charge on any atom is -0.279 e. The summed E-state index contributed by atoms with van der Waals surface area (Å²) in [6.07, 6.45) is -4.42. The summed E-state index contributed by atoms with van der Waals surface area (Å²) in [5.41, 5.74) is -2.29. The number of sulfonamides is 1. The van der Waals surface area contributed by atoms with Crippen molar-refractivity contribution in [2.75, 3.05) is 6.54 Å². The monoisotopic (exact) mass is 458 g/mol. The number of amides is 2. The molecule has 12 heteroatoms. The molecule has 0 bridgehead atoms. The Labute approximate surface area is 169 Å². The van der Waals surface area contributed by atoms with Gasteiger partial charge in [-0.15, -0.1) is 11.6 Å². The summed E-state index contributed by atoms with van der Waals surface area (Å²) in [7, 11) is -4.42. The Morgan fingerprint density at radius 3 is 2.25 bits per heavy atom. The number of rotatable bonds is 3. The first kappa shape index (κ1) is 21.4. The number of likely N-dealkylation sites (tertiary alicyclic amines) is 1. The number of benzene rings is 1. The molecule has 0 aromatic heterocycles. The Hall–Kier alpha value is -1.36. The summed E-state index contributed by atoms with van der Waals surface area (Å²) in [5.74, 6) is -0.674. The van der Waals surface area contributed by atoms with Crippen molar-refractivity contribution in [2.45, 2.75) is 48.3 Å². The van der Waals surface area contributed by atoms with Crippen LogP contribution in [0.15, 0.2) is 23.1 Å². The molecule has 1 aromatic carbocycles. The van der Waals surface area contributed by atoms with Crippen molar-refractivity contribution in [1.82, 2.24) is 9.21 Å². The second kappa shape index (κ2) is 7.47. The molecule has 3 rings (SSSR count). The van der Waals surface area contributed by atoms with Gasteiger partial charge in [-0.25, -0.2) is 8.42 Å². The predicted octanol–water partition coefficient (Wildman–Crippen LogP) is 3.23. The van der Waals surface area contributed by atoms with Crippen LogP contribution in [-0.2, 0) is 25.8 Å². The van der Waals surface area contributed by atoms with Crippen molar-refractivity contribution in [3.63, 3.8) is 0 Å². The SMILES string of the molecule is O=C1CCC(=O)N1C1CCN(S(=O)(=O)c2cc(C(F)(F)F)ccc2Cl)C(Cl)C1. The molecule has 2 atom stereocenters. The summed E-state index contributed by atoms with van der Waals surface area (Å²) in [6.45, 7) is -0.162. The van der Waals surface area contributed by atoms with Gasteiger partial charge in [0, 0.05) is 25.4 Å². The highest BCUT2D eigenvalue weighted by molar-refractivity contribution is 7.89. The number of carbonyl (C=O) groups is 2. The van der Waals surface area contributed by atoms with Gasteiger partial charge in [0.2, 0.25) is 21.8 Å². The Bertz CT molecular complexity index is 907. The average molecular weight is 459 g/mol. The fraction of sp³-hybridized carbons (Fsp3) is 0.500. The molecule has 0 spiro atoms. The van der Waals surface area contributed by atoms with E-state index in [9.17, 15) is 31.2 Å². The second-order valence-corrected chi connectivity index (χ2v) is 9.30. The van der Waals surface area contributed by atoms with Gasteiger partial charge in [-0.1, -0.05) is 11.6 Å². The fourth-order valence-corrected chi connectivity index (χ4v) is 5.99. The lowest BCUT2D eigenvalue weighted by Gasteiger charge is -2.38. The van der Waals surface area contributed by atoms with Gasteiger partial charge in [-0.2, -0.15) is 17.5 Å². The van der Waals surface area contributed by atoms with Crippen molar-refractivity contribution in [3.8, 4) is 0 Å². The molecule has 2 heterocycles. The Balaban J connectivity index is 1.86. The van der Waals surface area contributed by atoms with E-state index in [1.807, 2.05) is 0 Å². The number of imide groups is 1. The van der Waals surface area contributed by atoms with Gasteiger partial charge in [0.25, 0.3) is 0 Å². The van der Waals surface area contributed by atoms with E-state index < -0.39 is 38.2 Å². The highest BCUT2D eigenvalue weighted by Crippen LogP contribution is 2.37. The quantitative estimate of drug-likeness (QED) is 0.395. The maximum absolute atomic E-state index is 13.0. The lowest BCUT2D eigenvalue weighted by Crippen LogP contribution is -2.51. The second-order valence-electron chi connectivity index (χ2n) is 6.53. The van der Waals surface area contributed by atoms with Gasteiger partial charge in [0.1, 0.15) is 10.4 Å². The number of hydrogen-bond donors (Lipinski definition) is 0. The maximum atomic E-state index is 13.0. The molecular formula is C16H15Cl2F3N2O4S. The third kappa shape index (κ3) is 3.87. The van der Waals surface area contributed by atoms with Crippen molar-refractivity contribution < 1.29 is 31.2 Å². The minimum absolute atomic E-state index is 0.0190. The highest BCUT2D eigenvalue weighted by Gasteiger charge is 2.43. The fourth-order valence-electron chi connectivity index (χ4n) is 3.39. The summed E-state index contributed by atoms with van der Waals surface area (Å²) in [5, 5.41) is -0.358. The minimum atomic E-state index is -4.74. The van der Waals surface area contributed by atoms with Crippen LogP contribution in [0.3, 0.4) is 0 Å². The van der Waals surface area contributed by atoms with E-state index in [1.165, 1.54) is 0 Å². The molecular weight excluding hydrogens is 444 g/mol. The van der Waals surface area contributed by atoms with Gasteiger partial charge >= 0.3 is 6.18 Å². The van der Waals surface area contributed by atoms with E-state index in [-0.39, 0.29) is 49.1 Å². The molecule has 0 radical (unpaired) electrons. The van der Waals surface area contributed by atoms with Crippen LogP contribution in [0.2, 0.25) is 5.02 Å². The zero-order valence-corrected chi connectivity index (χ0v) is 16.6. The normalized spacial score (nSPS) is 24.8. The summed E-state index contributed by atoms with van der Waals surface area (Å²) >= 11 is 12.1. The Morgan fingerprint density at radius 2 is 1.71 bits per heavy atom. The van der Waals surface area contributed by atoms with Gasteiger partial charge in [0.05, 0.1) is 10.6 Å². The molecule has 154 valence electrons. The van der Waals surface area contributed by atoms with Crippen LogP contribution >= 0.6 is 23.2 Å². The zero-order valence-electron chi connectivity index (χ0n) is 14.2. The number of piperidine rings is 1. The van der Waals surface area contributed by atoms with Crippen LogP contribution in [0.1, 0.15) is 31.2 Å². The predicted molar refractivity (Wildman–Crippen MR) is 94.1 cm³/mol. The van der Waals surface area contributed by atoms with E-state index >= 15 is 0 Å². The molecule has 0 N–H and O–H groups in total. The topological polar surface area (TPSA) is 74.8 Å². The maximum Gasteiger partial charge on any atom is 0.416 e. The van der Waals surface area contributed by atoms with Crippen molar-refractivity contribution >= 4 is 45.0 Å². The van der Waals surface area contributed by atoms with Crippen LogP contribution in [0.4, 0.5) is 13.2 Å². The lowest BCUT2D eigenvalue weighted by atomic mass is 10.1. The smallest absolute Gasteiger partial charge is 0.279 e. The molecule has 6 nitrogen and oxygen atoms in total. The van der Waals surface area contributed by atoms with Crippen LogP contribution < -0.4 is 0 Å². The third-order valence-electron chi connectivity index (χ3n) is 4.76. The van der Waals surface area contributed by atoms with Crippen LogP contribution in [0, 0.1) is 0 Å². The first-order valence-corrected chi connectivity index (χ1v) is 10.6. The average Bonchev–Trinajstić information content (AvgIpc) is 2.92. The first-order valence-electron chi connectivity index (χ1n) is 8.30. The van der Waals surface area contributed by atoms with Crippen molar-refractivity contribution in [1.29, 1.82) is 0 Å². The third-order valence-corrected chi connectivity index (χ3v) is 7.68. The van der Waals surface area contributed by atoms with E-state index in [4.69, 9.17) is 23.2 Å². The molecule has 2 aliphatic rings. The van der Waals surface area contributed by atoms with Crippen molar-refractivity contribution in [2.24, 2.45) is 0 Å². The van der Waals surface area contributed by atoms with Gasteiger partial charge in [-0.3, -0.25) is 14.5 Å². The van der Waals surface area contributed by atoms with E-state index in [0.29, 0.717) is 12.1 Å². The molecule has 2 fully saturated rings. The number of hydrogen-bond acceptors (Lipinski definition) is 4. The van der Waals surface area contributed by atoms with Gasteiger partial charge in [-0.05, 0) is 31.0 Å². The highest BCUT2D eigenvalue weighted by atomic mass is 35.5. The largest absolute Gasteiger partial charge is 0.416 e. The molecule has 2 unspecified atom stereocenters. The van der Waals surface area contributed by atoms with E-state index in [2.05, 4.69) is 0 Å². The first-order chi connectivity index (χ1) is 12.9. The molecule has 0 aliphatic carbocycles. The summed E-state index contributed by atoms with van der Waals surface area (Å²) in [6, 6.07) is 1.49. The summed E-state index contributed by atoms with van der Waals surface area (Å²) in [4.78, 5) is 24.2. The van der Waals surface area contributed by atoms with Gasteiger partial charge in [0.15, 0.2) is 0 Å². The number of alkyl halides is 4. The van der Waals surface area contributed by atoms with Crippen LogP contribution in [0.5, 0.6) is 0 Å². The number of carbonyl (C=O) groups excluding carboxylic acids is 2. The van der Waals surface area contributed by atoms with Crippen LogP contribution in [0.25, 0.3) is 0 Å². The number of halogens is 5. The zero-order chi connectivity index (χ0) is 20.9. The summed E-state index contributed by atoms with van der Waals surface area (Å²) < 4.78 is 65.5. The molecule has 1 aromatic rings. The molecule has 2 saturated heterocycles. The van der Waals surface area contributed by atoms with Crippen LogP contribution in [-0.4, -0.2) is 47.5 Å². The standard InChI is InChI=1S/C16H15Cl2F3N2O4S/c17-11-2-1-9(16(19,20)21)7-12(11)28(26,27)22-6-5-10(8-13(22)18)23-14(24)3-4-15(23)25/h1-2,7,10,13H,3-6,8H2. The molecule has 0 saturated carbocycles. The molecule has 2 aliphatic heterocycles. The van der Waals surface area contributed by atoms with Gasteiger partial charge < -0.3 is 0 Å². The Kier molecular flexibility index (Phi) is 5.70.